The Balaban J connectivity index is 1.30. The Kier molecular flexibility index (Phi) is 7.28. The fourth-order valence-electron chi connectivity index (χ4n) is 5.12. The number of rotatable bonds is 7. The molecular weight excluding hydrogens is 490 g/mol. The Morgan fingerprint density at radius 3 is 2.54 bits per heavy atom. The van der Waals surface area contributed by atoms with Crippen molar-refractivity contribution in [3.8, 4) is 11.6 Å². The molecule has 0 saturated heterocycles. The molecule has 1 N–H and O–H groups in total. The predicted molar refractivity (Wildman–Crippen MR) is 144 cm³/mol. The number of aryl methyl sites for hydroxylation is 1. The lowest BCUT2D eigenvalue weighted by atomic mass is 9.85. The highest BCUT2D eigenvalue weighted by Gasteiger charge is 2.25. The van der Waals surface area contributed by atoms with Crippen molar-refractivity contribution < 1.29 is 9.53 Å². The van der Waals surface area contributed by atoms with Gasteiger partial charge in [-0.1, -0.05) is 23.7 Å². The first-order chi connectivity index (χ1) is 17.9. The number of fused-ring (bicyclic) bond motifs is 1. The van der Waals surface area contributed by atoms with Gasteiger partial charge in [0.15, 0.2) is 0 Å². The van der Waals surface area contributed by atoms with Gasteiger partial charge in [0.05, 0.1) is 45.8 Å². The average molecular weight is 520 g/mol. The van der Waals surface area contributed by atoms with Crippen LogP contribution in [0.25, 0.3) is 16.7 Å². The van der Waals surface area contributed by atoms with E-state index in [2.05, 4.69) is 15.3 Å². The molecule has 1 saturated carbocycles. The number of carbonyl (C=O) groups excluding carboxylic acids is 1. The van der Waals surface area contributed by atoms with Crippen LogP contribution in [0.15, 0.2) is 59.7 Å². The number of pyridine rings is 2. The number of imidazole rings is 1. The number of nitrogens with one attached hydrogen (secondary N) is 1. The topological polar surface area (TPSA) is 91.0 Å². The molecule has 0 atom stereocenters. The fourth-order valence-corrected chi connectivity index (χ4v) is 5.28. The summed E-state index contributed by atoms with van der Waals surface area (Å²) in [4.78, 5) is 34.9. The lowest BCUT2D eigenvalue weighted by Crippen LogP contribution is -2.39. The zero-order valence-corrected chi connectivity index (χ0v) is 21.7. The number of halogens is 1. The lowest BCUT2D eigenvalue weighted by Gasteiger charge is -2.29. The zero-order chi connectivity index (χ0) is 25.9. The predicted octanol–water partition coefficient (Wildman–Crippen LogP) is 4.93. The Morgan fingerprint density at radius 2 is 1.84 bits per heavy atom. The van der Waals surface area contributed by atoms with Crippen molar-refractivity contribution in [2.24, 2.45) is 5.92 Å². The summed E-state index contributed by atoms with van der Waals surface area (Å²) in [5.74, 6) is 0.742. The fraction of sp³-hybridized carbons (Fsp3) is 0.357. The second-order valence-corrected chi connectivity index (χ2v) is 9.92. The molecule has 0 aliphatic heterocycles. The molecule has 4 aromatic rings. The molecule has 1 aliphatic rings. The van der Waals surface area contributed by atoms with E-state index in [-0.39, 0.29) is 17.6 Å². The van der Waals surface area contributed by atoms with Gasteiger partial charge >= 0.3 is 5.69 Å². The zero-order valence-electron chi connectivity index (χ0n) is 21.0. The third-order valence-corrected chi connectivity index (χ3v) is 7.23. The van der Waals surface area contributed by atoms with Gasteiger partial charge in [0.25, 0.3) is 5.91 Å². The molecule has 0 unspecified atom stereocenters. The Bertz CT molecular complexity index is 1470. The summed E-state index contributed by atoms with van der Waals surface area (Å²) in [7, 11) is 0. The van der Waals surface area contributed by atoms with Crippen molar-refractivity contribution in [2.75, 3.05) is 6.61 Å². The third kappa shape index (κ3) is 5.25. The van der Waals surface area contributed by atoms with Gasteiger partial charge in [-0.25, -0.2) is 9.78 Å². The first kappa shape index (κ1) is 25.0. The molecule has 3 heterocycles. The number of aromatic nitrogens is 4. The van der Waals surface area contributed by atoms with Gasteiger partial charge in [-0.3, -0.25) is 18.9 Å². The summed E-state index contributed by atoms with van der Waals surface area (Å²) in [6.07, 6.45) is 6.79. The highest BCUT2D eigenvalue weighted by molar-refractivity contribution is 6.30. The Hall–Kier alpha value is -3.65. The number of benzene rings is 1. The van der Waals surface area contributed by atoms with Crippen molar-refractivity contribution in [1.29, 1.82) is 0 Å². The van der Waals surface area contributed by atoms with Crippen LogP contribution >= 0.6 is 11.6 Å². The normalized spacial score (nSPS) is 17.6. The van der Waals surface area contributed by atoms with E-state index in [1.54, 1.807) is 36.0 Å². The molecule has 8 nitrogen and oxygen atoms in total. The van der Waals surface area contributed by atoms with Gasteiger partial charge in [-0.2, -0.15) is 0 Å². The largest absolute Gasteiger partial charge is 0.478 e. The minimum Gasteiger partial charge on any atom is -0.478 e. The number of amides is 1. The van der Waals surface area contributed by atoms with Crippen LogP contribution in [-0.4, -0.2) is 37.7 Å². The number of para-hydroxylation sites is 2. The van der Waals surface area contributed by atoms with Gasteiger partial charge in [0.2, 0.25) is 5.88 Å². The van der Waals surface area contributed by atoms with Crippen LogP contribution in [0.5, 0.6) is 5.88 Å². The molecule has 9 heteroatoms. The maximum atomic E-state index is 13.6. The van der Waals surface area contributed by atoms with E-state index in [1.165, 1.54) is 0 Å². The maximum Gasteiger partial charge on any atom is 0.333 e. The molecule has 0 bridgehead atoms. The molecule has 1 aromatic carbocycles. The van der Waals surface area contributed by atoms with Gasteiger partial charge in [-0.15, -0.1) is 0 Å². The number of hydrogen-bond acceptors (Lipinski definition) is 5. The minimum absolute atomic E-state index is 0.0773. The van der Waals surface area contributed by atoms with Gasteiger partial charge in [0.1, 0.15) is 0 Å². The molecule has 192 valence electrons. The first-order valence-electron chi connectivity index (χ1n) is 12.7. The molecule has 0 spiro atoms. The monoisotopic (exact) mass is 519 g/mol. The number of ether oxygens (including phenoxy) is 1. The highest BCUT2D eigenvalue weighted by Crippen LogP contribution is 2.28. The third-order valence-electron chi connectivity index (χ3n) is 7.03. The van der Waals surface area contributed by atoms with Crippen LogP contribution in [0.2, 0.25) is 5.02 Å². The first-order valence-corrected chi connectivity index (χ1v) is 13.0. The average Bonchev–Trinajstić information content (AvgIpc) is 3.18. The molecular formula is C28H30ClN5O3. The van der Waals surface area contributed by atoms with Crippen molar-refractivity contribution in [1.82, 2.24) is 24.4 Å². The molecule has 1 fully saturated rings. The Morgan fingerprint density at radius 1 is 1.08 bits per heavy atom. The number of hydrogen-bond donors (Lipinski definition) is 1. The van der Waals surface area contributed by atoms with E-state index in [0.717, 1.165) is 36.7 Å². The van der Waals surface area contributed by atoms with Crippen LogP contribution in [0, 0.1) is 12.8 Å². The summed E-state index contributed by atoms with van der Waals surface area (Å²) in [6, 6.07) is 13.2. The minimum atomic E-state index is -0.140. The summed E-state index contributed by atoms with van der Waals surface area (Å²) in [5, 5.41) is 3.59. The van der Waals surface area contributed by atoms with E-state index >= 15 is 0 Å². The summed E-state index contributed by atoms with van der Waals surface area (Å²) >= 11 is 6.03. The number of carbonyl (C=O) groups is 1. The summed E-state index contributed by atoms with van der Waals surface area (Å²) < 4.78 is 9.03. The van der Waals surface area contributed by atoms with Crippen molar-refractivity contribution in [3.05, 3.63) is 81.6 Å². The number of nitrogens with zero attached hydrogens (tertiary/aromatic N) is 4. The van der Waals surface area contributed by atoms with E-state index < -0.39 is 0 Å². The summed E-state index contributed by atoms with van der Waals surface area (Å²) in [5.41, 5.74) is 3.56. The molecule has 1 amide bonds. The Labute approximate surface area is 220 Å². The van der Waals surface area contributed by atoms with Crippen LogP contribution in [-0.2, 0) is 6.54 Å². The SMILES string of the molecule is CCOc1ccc(-n2c(=O)n(CC3CCC(NC(=O)c4cc(Cl)cnc4C)CC3)c3ccccc32)cn1. The molecule has 1 aliphatic carbocycles. The highest BCUT2D eigenvalue weighted by atomic mass is 35.5. The van der Waals surface area contributed by atoms with Crippen LogP contribution < -0.4 is 15.7 Å². The standard InChI is InChI=1S/C28H30ClN5O3/c1-3-37-26-13-12-22(16-31-26)34-25-7-5-4-6-24(25)33(28(34)36)17-19-8-10-21(11-9-19)32-27(35)23-14-20(29)15-30-18(23)2/h4-7,12-16,19,21H,3,8-11,17H2,1-2H3,(H,32,35). The maximum absolute atomic E-state index is 13.6. The van der Waals surface area contributed by atoms with E-state index in [1.807, 2.05) is 41.8 Å². The van der Waals surface area contributed by atoms with Crippen molar-refractivity contribution in [2.45, 2.75) is 52.1 Å². The van der Waals surface area contributed by atoms with Gasteiger partial charge in [-0.05, 0) is 69.7 Å². The van der Waals surface area contributed by atoms with Crippen molar-refractivity contribution in [3.63, 3.8) is 0 Å². The molecule has 0 radical (unpaired) electrons. The van der Waals surface area contributed by atoms with E-state index in [9.17, 15) is 9.59 Å². The van der Waals surface area contributed by atoms with Crippen LogP contribution in [0.4, 0.5) is 0 Å². The quantitative estimate of drug-likeness (QED) is 0.374. The summed E-state index contributed by atoms with van der Waals surface area (Å²) in [6.45, 7) is 4.89. The smallest absolute Gasteiger partial charge is 0.333 e. The van der Waals surface area contributed by atoms with E-state index in [4.69, 9.17) is 16.3 Å². The van der Waals surface area contributed by atoms with Gasteiger partial charge < -0.3 is 10.1 Å². The van der Waals surface area contributed by atoms with Gasteiger partial charge in [0, 0.05) is 24.8 Å². The van der Waals surface area contributed by atoms with Crippen LogP contribution in [0.3, 0.4) is 0 Å². The second-order valence-electron chi connectivity index (χ2n) is 9.48. The van der Waals surface area contributed by atoms with Crippen LogP contribution in [0.1, 0.15) is 48.7 Å². The molecule has 5 rings (SSSR count). The lowest BCUT2D eigenvalue weighted by molar-refractivity contribution is 0.0919. The van der Waals surface area contributed by atoms with Crippen molar-refractivity contribution >= 4 is 28.5 Å². The van der Waals surface area contributed by atoms with E-state index in [0.29, 0.717) is 46.9 Å². The second kappa shape index (κ2) is 10.8. The molecule has 37 heavy (non-hydrogen) atoms. The molecule has 3 aromatic heterocycles.